The number of rotatable bonds is 8. The van der Waals surface area contributed by atoms with Gasteiger partial charge in [0.2, 0.25) is 0 Å². The molecule has 0 saturated heterocycles. The van der Waals surface area contributed by atoms with E-state index in [9.17, 15) is 36.6 Å². The summed E-state index contributed by atoms with van der Waals surface area (Å²) < 4.78 is 84.8. The molecular formula is C44H83F6O8+. The van der Waals surface area contributed by atoms with Gasteiger partial charge in [0.25, 0.3) is 0 Å². The van der Waals surface area contributed by atoms with Gasteiger partial charge in [0.1, 0.15) is 6.29 Å². The van der Waals surface area contributed by atoms with Crippen molar-refractivity contribution >= 4 is 6.29 Å². The summed E-state index contributed by atoms with van der Waals surface area (Å²) in [5, 5.41) is 36.3. The van der Waals surface area contributed by atoms with Crippen molar-refractivity contribution in [2.24, 2.45) is 69.0 Å². The molecule has 0 amide bonds. The van der Waals surface area contributed by atoms with Crippen molar-refractivity contribution in [2.45, 2.75) is 191 Å². The fourth-order valence-corrected chi connectivity index (χ4v) is 10.8. The van der Waals surface area contributed by atoms with Crippen molar-refractivity contribution in [2.75, 3.05) is 13.2 Å². The Hall–Kier alpha value is -1.03. The minimum Gasteiger partial charge on any atom is -0.412 e. The molecule has 13 unspecified atom stereocenters. The first kappa shape index (κ1) is 57.0. The predicted octanol–water partition coefficient (Wildman–Crippen LogP) is 9.69. The molecule has 4 bridgehead atoms. The summed E-state index contributed by atoms with van der Waals surface area (Å²) in [5.41, 5.74) is -4.36. The van der Waals surface area contributed by atoms with Crippen LogP contribution in [0.25, 0.3) is 0 Å². The Bertz CT molecular complexity index is 1230. The van der Waals surface area contributed by atoms with Crippen LogP contribution in [0.4, 0.5) is 26.3 Å². The quantitative estimate of drug-likeness (QED) is 0.108. The zero-order valence-corrected chi connectivity index (χ0v) is 38.4. The molecule has 0 aliphatic heterocycles. The number of halogens is 6. The standard InChI is InChI=1S/C22H39F3O3.C15H28O.C5H9F3O2.C2H4O.H2O/c1-13(27-10-9-21(8,26)22(23,24)25)28-16-12-14-11-15(16)18(20(5,6)7)17(14)19(2,3)4;1-14(2,3)12-9-7-10(11(16)8-9)13(12)15(4,5)6;1-4(10,2-3-9)5(6,7)8;1-2-3;/h13-18,26H,9-12H2,1-8H3;9-13,16H,7-8H2,1-6H3;9-10H,2-3H2,1H3;2H,1H3;1H2/p+1. The average Bonchev–Trinajstić information content (AvgIpc) is 3.74. The van der Waals surface area contributed by atoms with E-state index >= 15 is 0 Å². The fourth-order valence-electron chi connectivity index (χ4n) is 10.8. The molecule has 4 rings (SSSR count). The smallest absolute Gasteiger partial charge is 0.412 e. The van der Waals surface area contributed by atoms with Gasteiger partial charge in [-0.25, -0.2) is 0 Å². The molecule has 0 spiro atoms. The maximum absolute atomic E-state index is 12.7. The predicted molar refractivity (Wildman–Crippen MR) is 217 cm³/mol. The topological polar surface area (TPSA) is 148 Å². The Balaban J connectivity index is 0. The van der Waals surface area contributed by atoms with Gasteiger partial charge in [0.05, 0.1) is 18.8 Å². The maximum Gasteiger partial charge on any atom is 1.00 e. The van der Waals surface area contributed by atoms with E-state index in [4.69, 9.17) is 24.5 Å². The Morgan fingerprint density at radius 3 is 1.33 bits per heavy atom. The number of carbonyl (C=O) groups excluding carboxylic acids is 1. The lowest BCUT2D eigenvalue weighted by Gasteiger charge is -2.48. The molecule has 0 heterocycles. The van der Waals surface area contributed by atoms with E-state index in [0.29, 0.717) is 53.3 Å². The number of aliphatic hydroxyl groups is 4. The molecule has 0 aromatic heterocycles. The van der Waals surface area contributed by atoms with Crippen molar-refractivity contribution in [1.29, 1.82) is 0 Å². The lowest BCUT2D eigenvalue weighted by Crippen LogP contribution is -2.45. The Morgan fingerprint density at radius 2 is 0.983 bits per heavy atom. The Morgan fingerprint density at radius 1 is 0.638 bits per heavy atom. The lowest BCUT2D eigenvalue weighted by atomic mass is 9.58. The second-order valence-corrected chi connectivity index (χ2v) is 22.0. The van der Waals surface area contributed by atoms with Gasteiger partial charge < -0.3 is 40.2 Å². The highest BCUT2D eigenvalue weighted by atomic mass is 19.4. The summed E-state index contributed by atoms with van der Waals surface area (Å²) >= 11 is 0. The minimum atomic E-state index is -4.66. The van der Waals surface area contributed by atoms with Crippen molar-refractivity contribution in [3.8, 4) is 0 Å². The van der Waals surface area contributed by atoms with E-state index in [0.717, 1.165) is 44.3 Å². The van der Waals surface area contributed by atoms with Crippen LogP contribution in [0.5, 0.6) is 0 Å². The van der Waals surface area contributed by atoms with Crippen LogP contribution in [-0.4, -0.2) is 87.5 Å². The third kappa shape index (κ3) is 14.8. The highest BCUT2D eigenvalue weighted by molar-refractivity contribution is 5.44. The fraction of sp³-hybridized carbons (Fsp3) is 0.977. The Labute approximate surface area is 347 Å². The van der Waals surface area contributed by atoms with Gasteiger partial charge in [-0.2, -0.15) is 26.3 Å². The van der Waals surface area contributed by atoms with E-state index in [1.807, 2.05) is 0 Å². The molecule has 6 N–H and O–H groups in total. The number of hydrogen-bond donors (Lipinski definition) is 4. The largest absolute Gasteiger partial charge is 1.00 e. The molecule has 13 atom stereocenters. The summed E-state index contributed by atoms with van der Waals surface area (Å²) in [4.78, 5) is 8.81. The summed E-state index contributed by atoms with van der Waals surface area (Å²) in [7, 11) is 0. The van der Waals surface area contributed by atoms with Crippen LogP contribution in [0.2, 0.25) is 0 Å². The number of alkyl halides is 6. The SMILES string of the molecule is CC(C)(C)C1C2CC(O)C(C2)C1C(C)(C)C.CC(O)(CCO)C(F)(F)F.CC(OCCC(C)(O)C(F)(F)F)OC1CC2CC1C(C(C)(C)C)C2C(C)(C)C.CC=O.O.[H+]. The third-order valence-corrected chi connectivity index (χ3v) is 13.0. The van der Waals surface area contributed by atoms with Crippen molar-refractivity contribution in [3.63, 3.8) is 0 Å². The molecule has 4 fully saturated rings. The molecule has 4 aliphatic rings. The molecule has 348 valence electrons. The van der Waals surface area contributed by atoms with Gasteiger partial charge in [-0.1, -0.05) is 83.1 Å². The number of hydrogen-bond acceptors (Lipinski definition) is 7. The van der Waals surface area contributed by atoms with Crippen molar-refractivity contribution < 1.29 is 67.9 Å². The van der Waals surface area contributed by atoms with Crippen LogP contribution in [0.1, 0.15) is 151 Å². The van der Waals surface area contributed by atoms with Crippen molar-refractivity contribution in [1.82, 2.24) is 0 Å². The van der Waals surface area contributed by atoms with Gasteiger partial charge in [-0.05, 0) is 122 Å². The molecular weight excluding hydrogens is 770 g/mol. The molecule has 0 aromatic carbocycles. The zero-order chi connectivity index (χ0) is 45.1. The van der Waals surface area contributed by atoms with E-state index in [1.54, 1.807) is 6.92 Å². The summed E-state index contributed by atoms with van der Waals surface area (Å²) in [6.45, 7) is 31.8. The summed E-state index contributed by atoms with van der Waals surface area (Å²) in [6.07, 6.45) is -5.79. The van der Waals surface area contributed by atoms with Gasteiger partial charge in [-0.3, -0.25) is 0 Å². The number of fused-ring (bicyclic) bond motifs is 4. The zero-order valence-electron chi connectivity index (χ0n) is 39.4. The normalized spacial score (nSPS) is 32.2. The van der Waals surface area contributed by atoms with E-state index in [-0.39, 0.29) is 36.5 Å². The maximum atomic E-state index is 12.7. The second-order valence-electron chi connectivity index (χ2n) is 22.0. The Kier molecular flexibility index (Phi) is 20.1. The van der Waals surface area contributed by atoms with Crippen LogP contribution in [0.3, 0.4) is 0 Å². The van der Waals surface area contributed by atoms with Crippen molar-refractivity contribution in [3.05, 3.63) is 0 Å². The molecule has 14 heteroatoms. The van der Waals surface area contributed by atoms with Crippen LogP contribution in [0.15, 0.2) is 0 Å². The molecule has 4 saturated carbocycles. The lowest BCUT2D eigenvalue weighted by molar-refractivity contribution is -0.263. The first-order valence-electron chi connectivity index (χ1n) is 20.8. The van der Waals surface area contributed by atoms with Crippen LogP contribution in [0, 0.1) is 69.0 Å². The highest BCUT2D eigenvalue weighted by Gasteiger charge is 2.60. The van der Waals surface area contributed by atoms with E-state index in [2.05, 4.69) is 83.1 Å². The highest BCUT2D eigenvalue weighted by Crippen LogP contribution is 2.64. The first-order chi connectivity index (χ1) is 25.3. The minimum absolute atomic E-state index is 0. The molecule has 58 heavy (non-hydrogen) atoms. The van der Waals surface area contributed by atoms with Gasteiger partial charge in [0, 0.05) is 19.4 Å². The van der Waals surface area contributed by atoms with Gasteiger partial charge in [0.15, 0.2) is 17.5 Å². The number of ether oxygens (including phenoxy) is 2. The molecule has 8 nitrogen and oxygen atoms in total. The van der Waals surface area contributed by atoms with Crippen LogP contribution in [-0.2, 0) is 14.3 Å². The first-order valence-corrected chi connectivity index (χ1v) is 20.8. The van der Waals surface area contributed by atoms with E-state index < -0.39 is 49.3 Å². The number of aliphatic hydroxyl groups excluding tert-OH is 2. The summed E-state index contributed by atoms with van der Waals surface area (Å²) in [5.74, 6) is 5.10. The molecule has 0 aromatic rings. The second kappa shape index (κ2) is 20.4. The van der Waals surface area contributed by atoms with E-state index in [1.165, 1.54) is 13.3 Å². The van der Waals surface area contributed by atoms with Gasteiger partial charge >= 0.3 is 13.8 Å². The number of carbonyl (C=O) groups is 1. The molecule has 0 radical (unpaired) electrons. The average molecular weight is 854 g/mol. The monoisotopic (exact) mass is 854 g/mol. The van der Waals surface area contributed by atoms with Crippen LogP contribution < -0.4 is 0 Å². The van der Waals surface area contributed by atoms with Gasteiger partial charge in [-0.15, -0.1) is 0 Å². The third-order valence-electron chi connectivity index (χ3n) is 13.0. The number of aldehydes is 1. The molecule has 4 aliphatic carbocycles. The van der Waals surface area contributed by atoms with Crippen LogP contribution >= 0.6 is 0 Å². The summed E-state index contributed by atoms with van der Waals surface area (Å²) in [6, 6.07) is 0.